The lowest BCUT2D eigenvalue weighted by molar-refractivity contribution is -0.116. The summed E-state index contributed by atoms with van der Waals surface area (Å²) in [5.74, 6) is 0.330. The van der Waals surface area contributed by atoms with Crippen LogP contribution in [0.3, 0.4) is 0 Å². The fraction of sp³-hybridized carbons (Fsp3) is 0.429. The van der Waals surface area contributed by atoms with Gasteiger partial charge in [0.25, 0.3) is 0 Å². The van der Waals surface area contributed by atoms with Crippen LogP contribution in [0.25, 0.3) is 0 Å². The Morgan fingerprint density at radius 3 is 2.21 bits per heavy atom. The Bertz CT molecular complexity index is 766. The maximum atomic E-state index is 12.5. The average Bonchev–Trinajstić information content (AvgIpc) is 3.16. The van der Waals surface area contributed by atoms with E-state index in [9.17, 15) is 9.59 Å². The molecule has 0 spiro atoms. The number of nitrogens with one attached hydrogen (secondary N) is 2. The van der Waals surface area contributed by atoms with Gasteiger partial charge in [0.15, 0.2) is 0 Å². The average molecular weight is 401 g/mol. The van der Waals surface area contributed by atoms with Crippen molar-refractivity contribution in [1.82, 2.24) is 9.80 Å². The van der Waals surface area contributed by atoms with Crippen LogP contribution in [0, 0.1) is 5.92 Å². The van der Waals surface area contributed by atoms with Crippen LogP contribution < -0.4 is 10.6 Å². The SMILES string of the molecule is CC(C)CC(=O)Nc1ccc(NC(=O)N2CCN(Cc3cccs3)CC2)cc1. The first-order valence-corrected chi connectivity index (χ1v) is 10.6. The molecule has 1 aliphatic rings. The number of urea groups is 1. The van der Waals surface area contributed by atoms with Gasteiger partial charge >= 0.3 is 6.03 Å². The summed E-state index contributed by atoms with van der Waals surface area (Å²) in [6.07, 6.45) is 0.497. The van der Waals surface area contributed by atoms with Crippen molar-refractivity contribution in [3.63, 3.8) is 0 Å². The molecule has 2 aromatic rings. The van der Waals surface area contributed by atoms with Gasteiger partial charge in [-0.2, -0.15) is 0 Å². The molecule has 0 atom stereocenters. The molecule has 2 heterocycles. The van der Waals surface area contributed by atoms with Gasteiger partial charge in [-0.05, 0) is 41.6 Å². The largest absolute Gasteiger partial charge is 0.326 e. The minimum atomic E-state index is -0.0765. The number of amides is 3. The molecule has 0 radical (unpaired) electrons. The minimum Gasteiger partial charge on any atom is -0.326 e. The maximum Gasteiger partial charge on any atom is 0.321 e. The third kappa shape index (κ3) is 6.07. The zero-order valence-corrected chi connectivity index (χ0v) is 17.3. The van der Waals surface area contributed by atoms with E-state index >= 15 is 0 Å². The highest BCUT2D eigenvalue weighted by atomic mass is 32.1. The van der Waals surface area contributed by atoms with Crippen LogP contribution in [-0.2, 0) is 11.3 Å². The molecule has 7 heteroatoms. The van der Waals surface area contributed by atoms with Gasteiger partial charge in [-0.3, -0.25) is 9.69 Å². The van der Waals surface area contributed by atoms with E-state index in [1.54, 1.807) is 11.3 Å². The fourth-order valence-electron chi connectivity index (χ4n) is 3.15. The van der Waals surface area contributed by atoms with E-state index in [-0.39, 0.29) is 11.9 Å². The van der Waals surface area contributed by atoms with E-state index < -0.39 is 0 Å². The molecule has 1 aromatic heterocycles. The molecular weight excluding hydrogens is 372 g/mol. The molecule has 1 saturated heterocycles. The number of hydrogen-bond acceptors (Lipinski definition) is 4. The molecule has 28 heavy (non-hydrogen) atoms. The summed E-state index contributed by atoms with van der Waals surface area (Å²) >= 11 is 1.77. The highest BCUT2D eigenvalue weighted by Crippen LogP contribution is 2.17. The predicted octanol–water partition coefficient (Wildman–Crippen LogP) is 4.08. The summed E-state index contributed by atoms with van der Waals surface area (Å²) < 4.78 is 0. The number of hydrogen-bond donors (Lipinski definition) is 2. The van der Waals surface area contributed by atoms with Gasteiger partial charge in [0.2, 0.25) is 5.91 Å². The second-order valence-corrected chi connectivity index (χ2v) is 8.53. The van der Waals surface area contributed by atoms with Crippen molar-refractivity contribution in [1.29, 1.82) is 0 Å². The zero-order valence-electron chi connectivity index (χ0n) is 16.5. The molecule has 1 aliphatic heterocycles. The Morgan fingerprint density at radius 2 is 1.64 bits per heavy atom. The molecule has 3 amide bonds. The van der Waals surface area contributed by atoms with Crippen molar-refractivity contribution in [2.24, 2.45) is 5.92 Å². The Morgan fingerprint density at radius 1 is 1.00 bits per heavy atom. The van der Waals surface area contributed by atoms with Crippen LogP contribution in [0.5, 0.6) is 0 Å². The van der Waals surface area contributed by atoms with Gasteiger partial charge < -0.3 is 15.5 Å². The third-order valence-corrected chi connectivity index (χ3v) is 5.49. The normalized spacial score (nSPS) is 14.9. The van der Waals surface area contributed by atoms with Gasteiger partial charge in [-0.1, -0.05) is 19.9 Å². The molecule has 150 valence electrons. The molecule has 0 unspecified atom stereocenters. The van der Waals surface area contributed by atoms with Gasteiger partial charge in [0.1, 0.15) is 0 Å². The summed E-state index contributed by atoms with van der Waals surface area (Å²) in [6.45, 7) is 8.19. The van der Waals surface area contributed by atoms with Crippen LogP contribution in [0.15, 0.2) is 41.8 Å². The van der Waals surface area contributed by atoms with Gasteiger partial charge in [0, 0.05) is 55.4 Å². The summed E-state index contributed by atoms with van der Waals surface area (Å²) in [5.41, 5.74) is 1.47. The summed E-state index contributed by atoms with van der Waals surface area (Å²) in [4.78, 5) is 29.9. The number of carbonyl (C=O) groups excluding carboxylic acids is 2. The van der Waals surface area contributed by atoms with E-state index in [1.807, 2.05) is 43.0 Å². The molecule has 6 nitrogen and oxygen atoms in total. The number of nitrogens with zero attached hydrogens (tertiary/aromatic N) is 2. The summed E-state index contributed by atoms with van der Waals surface area (Å²) in [5, 5.41) is 7.91. The first-order chi connectivity index (χ1) is 13.5. The Hall–Kier alpha value is -2.38. The van der Waals surface area contributed by atoms with Crippen LogP contribution in [-0.4, -0.2) is 47.9 Å². The second kappa shape index (κ2) is 9.71. The molecule has 0 saturated carbocycles. The van der Waals surface area contributed by atoms with Crippen LogP contribution in [0.4, 0.5) is 16.2 Å². The highest BCUT2D eigenvalue weighted by molar-refractivity contribution is 7.09. The molecule has 1 fully saturated rings. The molecule has 2 N–H and O–H groups in total. The van der Waals surface area contributed by atoms with Crippen molar-refractivity contribution >= 4 is 34.6 Å². The lowest BCUT2D eigenvalue weighted by Gasteiger charge is -2.34. The number of carbonyl (C=O) groups is 2. The van der Waals surface area contributed by atoms with E-state index in [0.717, 1.165) is 44.1 Å². The zero-order chi connectivity index (χ0) is 19.9. The molecule has 1 aromatic carbocycles. The summed E-state index contributed by atoms with van der Waals surface area (Å²) in [6, 6.07) is 11.4. The number of piperazine rings is 1. The van der Waals surface area contributed by atoms with Gasteiger partial charge in [-0.25, -0.2) is 4.79 Å². The van der Waals surface area contributed by atoms with E-state index in [0.29, 0.717) is 12.3 Å². The van der Waals surface area contributed by atoms with Crippen molar-refractivity contribution in [3.8, 4) is 0 Å². The molecule has 0 bridgehead atoms. The van der Waals surface area contributed by atoms with Gasteiger partial charge in [0.05, 0.1) is 0 Å². The molecule has 3 rings (SSSR count). The lowest BCUT2D eigenvalue weighted by atomic mass is 10.1. The Labute approximate surface area is 170 Å². The van der Waals surface area contributed by atoms with Crippen LogP contribution in [0.2, 0.25) is 0 Å². The number of benzene rings is 1. The first kappa shape index (κ1) is 20.4. The number of anilines is 2. The Kier molecular flexibility index (Phi) is 7.06. The van der Waals surface area contributed by atoms with Crippen molar-refractivity contribution in [2.45, 2.75) is 26.8 Å². The molecule has 0 aliphatic carbocycles. The quantitative estimate of drug-likeness (QED) is 0.768. The fourth-order valence-corrected chi connectivity index (χ4v) is 3.90. The van der Waals surface area contributed by atoms with E-state index in [1.165, 1.54) is 4.88 Å². The number of rotatable bonds is 6. The van der Waals surface area contributed by atoms with E-state index in [4.69, 9.17) is 0 Å². The summed E-state index contributed by atoms with van der Waals surface area (Å²) in [7, 11) is 0. The third-order valence-electron chi connectivity index (χ3n) is 4.63. The van der Waals surface area contributed by atoms with Crippen LogP contribution >= 0.6 is 11.3 Å². The topological polar surface area (TPSA) is 64.7 Å². The maximum absolute atomic E-state index is 12.5. The van der Waals surface area contributed by atoms with Crippen molar-refractivity contribution in [2.75, 3.05) is 36.8 Å². The second-order valence-electron chi connectivity index (χ2n) is 7.50. The monoisotopic (exact) mass is 400 g/mol. The molecular formula is C21H28N4O2S. The lowest BCUT2D eigenvalue weighted by Crippen LogP contribution is -2.49. The van der Waals surface area contributed by atoms with Crippen molar-refractivity contribution < 1.29 is 9.59 Å². The number of thiophene rings is 1. The minimum absolute atomic E-state index is 0.00667. The van der Waals surface area contributed by atoms with Gasteiger partial charge in [-0.15, -0.1) is 11.3 Å². The predicted molar refractivity (Wildman–Crippen MR) is 115 cm³/mol. The van der Waals surface area contributed by atoms with E-state index in [2.05, 4.69) is 33.0 Å². The Balaban J connectivity index is 1.44. The first-order valence-electron chi connectivity index (χ1n) is 9.70. The standard InChI is InChI=1S/C21H28N4O2S/c1-16(2)14-20(26)22-17-5-7-18(8-6-17)23-21(27)25-11-9-24(10-12-25)15-19-4-3-13-28-19/h3-8,13,16H,9-12,14-15H2,1-2H3,(H,22,26)(H,23,27). The van der Waals surface area contributed by atoms with Crippen LogP contribution in [0.1, 0.15) is 25.1 Å². The highest BCUT2D eigenvalue weighted by Gasteiger charge is 2.21. The van der Waals surface area contributed by atoms with Crippen molar-refractivity contribution in [3.05, 3.63) is 46.7 Å². The smallest absolute Gasteiger partial charge is 0.321 e.